The number of benzene rings is 4. The highest BCUT2D eigenvalue weighted by molar-refractivity contribution is 6.30. The van der Waals surface area contributed by atoms with Crippen LogP contribution < -0.4 is 5.32 Å². The monoisotopic (exact) mass is 520 g/mol. The topological polar surface area (TPSA) is 71.3 Å². The molecule has 188 valence electrons. The van der Waals surface area contributed by atoms with Gasteiger partial charge in [0.25, 0.3) is 5.91 Å². The van der Waals surface area contributed by atoms with Gasteiger partial charge < -0.3 is 15.0 Å². The minimum atomic E-state index is -0.967. The molecule has 0 aliphatic heterocycles. The van der Waals surface area contributed by atoms with Crippen LogP contribution in [0.5, 0.6) is 0 Å². The summed E-state index contributed by atoms with van der Waals surface area (Å²) in [7, 11) is 0. The number of fused-ring (bicyclic) bond motifs is 1. The third kappa shape index (κ3) is 4.57. The van der Waals surface area contributed by atoms with Crippen molar-refractivity contribution in [2.24, 2.45) is 0 Å². The predicted octanol–water partition coefficient (Wildman–Crippen LogP) is 7.13. The molecule has 0 unspecified atom stereocenters. The average Bonchev–Trinajstić information content (AvgIpc) is 3.60. The molecule has 0 radical (unpaired) electrons. The summed E-state index contributed by atoms with van der Waals surface area (Å²) in [6.07, 6.45) is 3.61. The lowest BCUT2D eigenvalue weighted by Gasteiger charge is -2.20. The summed E-state index contributed by atoms with van der Waals surface area (Å²) in [5.74, 6) is -1.12. The molecule has 0 saturated heterocycles. The summed E-state index contributed by atoms with van der Waals surface area (Å²) in [6.45, 7) is 0.580. The van der Waals surface area contributed by atoms with Gasteiger partial charge in [0.2, 0.25) is 0 Å². The van der Waals surface area contributed by atoms with Gasteiger partial charge in [-0.05, 0) is 77.6 Å². The number of carbonyl (C=O) groups is 2. The molecule has 38 heavy (non-hydrogen) atoms. The SMILES string of the molecule is O=C(O)c1ccc(C2(NC(=O)c3cc(-c4ccccc4)cc4ccn(Cc5cccc(Cl)c5)c34)CC2)cc1. The molecule has 1 saturated carbocycles. The molecule has 0 bridgehead atoms. The van der Waals surface area contributed by atoms with Gasteiger partial charge in [-0.2, -0.15) is 0 Å². The molecule has 5 aromatic rings. The Bertz CT molecular complexity index is 1670. The Balaban J connectivity index is 1.41. The van der Waals surface area contributed by atoms with Crippen molar-refractivity contribution in [3.05, 3.63) is 131 Å². The fraction of sp³-hybridized carbons (Fsp3) is 0.125. The van der Waals surface area contributed by atoms with Crippen molar-refractivity contribution in [1.29, 1.82) is 0 Å². The lowest BCUT2D eigenvalue weighted by atomic mass is 9.98. The smallest absolute Gasteiger partial charge is 0.335 e. The van der Waals surface area contributed by atoms with Crippen LogP contribution in [-0.2, 0) is 12.1 Å². The number of halogens is 1. The highest BCUT2D eigenvalue weighted by Gasteiger charge is 2.46. The van der Waals surface area contributed by atoms with Crippen molar-refractivity contribution in [2.45, 2.75) is 24.9 Å². The first-order chi connectivity index (χ1) is 18.4. The number of carbonyl (C=O) groups excluding carboxylic acids is 1. The second-order valence-corrected chi connectivity index (χ2v) is 10.3. The van der Waals surface area contributed by atoms with E-state index >= 15 is 0 Å². The van der Waals surface area contributed by atoms with Crippen molar-refractivity contribution in [3.8, 4) is 11.1 Å². The normalized spacial score (nSPS) is 13.8. The van der Waals surface area contributed by atoms with Gasteiger partial charge in [-0.15, -0.1) is 0 Å². The minimum absolute atomic E-state index is 0.154. The maximum absolute atomic E-state index is 14.0. The summed E-state index contributed by atoms with van der Waals surface area (Å²) in [6, 6.07) is 30.7. The molecule has 4 aromatic carbocycles. The summed E-state index contributed by atoms with van der Waals surface area (Å²) >= 11 is 6.23. The molecular weight excluding hydrogens is 496 g/mol. The number of amides is 1. The zero-order valence-electron chi connectivity index (χ0n) is 20.5. The molecule has 0 spiro atoms. The van der Waals surface area contributed by atoms with Gasteiger partial charge in [-0.25, -0.2) is 4.79 Å². The van der Waals surface area contributed by atoms with Crippen LogP contribution in [0, 0.1) is 0 Å². The summed E-state index contributed by atoms with van der Waals surface area (Å²) in [5, 5.41) is 14.2. The molecule has 1 amide bonds. The summed E-state index contributed by atoms with van der Waals surface area (Å²) in [5.41, 5.74) is 5.17. The van der Waals surface area contributed by atoms with Crippen LogP contribution in [-0.4, -0.2) is 21.6 Å². The Labute approximate surface area is 225 Å². The van der Waals surface area contributed by atoms with Gasteiger partial charge in [0, 0.05) is 23.2 Å². The molecular formula is C32H25ClN2O3. The van der Waals surface area contributed by atoms with Crippen LogP contribution in [0.15, 0.2) is 103 Å². The second kappa shape index (κ2) is 9.51. The quantitative estimate of drug-likeness (QED) is 0.240. The first kappa shape index (κ1) is 24.0. The molecule has 1 fully saturated rings. The molecule has 6 rings (SSSR count). The Morgan fingerprint density at radius 3 is 2.32 bits per heavy atom. The highest BCUT2D eigenvalue weighted by Crippen LogP contribution is 2.46. The molecule has 5 nitrogen and oxygen atoms in total. The van der Waals surface area contributed by atoms with E-state index in [-0.39, 0.29) is 11.5 Å². The Hall–Kier alpha value is -4.35. The molecule has 1 aliphatic carbocycles. The number of nitrogens with zero attached hydrogens (tertiary/aromatic N) is 1. The number of aromatic carboxylic acids is 1. The third-order valence-corrected chi connectivity index (χ3v) is 7.48. The van der Waals surface area contributed by atoms with Crippen molar-refractivity contribution >= 4 is 34.4 Å². The van der Waals surface area contributed by atoms with Crippen LogP contribution >= 0.6 is 11.6 Å². The Morgan fingerprint density at radius 2 is 1.63 bits per heavy atom. The zero-order chi connectivity index (χ0) is 26.3. The number of rotatable bonds is 7. The fourth-order valence-electron chi connectivity index (χ4n) is 5.11. The van der Waals surface area contributed by atoms with Crippen LogP contribution in [0.1, 0.15) is 44.7 Å². The van der Waals surface area contributed by atoms with Gasteiger partial charge in [0.1, 0.15) is 0 Å². The van der Waals surface area contributed by atoms with Crippen LogP contribution in [0.4, 0.5) is 0 Å². The molecule has 2 N–H and O–H groups in total. The van der Waals surface area contributed by atoms with Gasteiger partial charge >= 0.3 is 5.97 Å². The fourth-order valence-corrected chi connectivity index (χ4v) is 5.32. The molecule has 1 aromatic heterocycles. The second-order valence-electron chi connectivity index (χ2n) is 9.82. The maximum atomic E-state index is 14.0. The van der Waals surface area contributed by atoms with E-state index in [1.807, 2.05) is 72.9 Å². The van der Waals surface area contributed by atoms with Gasteiger partial charge in [0.15, 0.2) is 0 Å². The largest absolute Gasteiger partial charge is 0.478 e. The number of carboxylic acids is 1. The first-order valence-corrected chi connectivity index (χ1v) is 12.9. The van der Waals surface area contributed by atoms with Crippen molar-refractivity contribution in [3.63, 3.8) is 0 Å². The summed E-state index contributed by atoms with van der Waals surface area (Å²) in [4.78, 5) is 25.3. The van der Waals surface area contributed by atoms with E-state index in [4.69, 9.17) is 11.6 Å². The molecule has 0 atom stereocenters. The van der Waals surface area contributed by atoms with E-state index in [0.29, 0.717) is 17.1 Å². The van der Waals surface area contributed by atoms with Gasteiger partial charge in [0.05, 0.1) is 22.2 Å². The lowest BCUT2D eigenvalue weighted by Crippen LogP contribution is -2.35. The highest BCUT2D eigenvalue weighted by atomic mass is 35.5. The van der Waals surface area contributed by atoms with E-state index in [9.17, 15) is 14.7 Å². The Morgan fingerprint density at radius 1 is 0.868 bits per heavy atom. The van der Waals surface area contributed by atoms with Crippen LogP contribution in [0.25, 0.3) is 22.0 Å². The van der Waals surface area contributed by atoms with E-state index in [0.717, 1.165) is 46.0 Å². The molecule has 6 heteroatoms. The Kier molecular flexibility index (Phi) is 6.01. The minimum Gasteiger partial charge on any atom is -0.478 e. The maximum Gasteiger partial charge on any atom is 0.335 e. The number of nitrogens with one attached hydrogen (secondary N) is 1. The molecule has 1 heterocycles. The standard InChI is InChI=1S/C32H25ClN2O3/c33-27-8-4-5-21(17-27)20-35-16-13-24-18-25(22-6-2-1-3-7-22)19-28(29(24)35)30(36)34-32(14-15-32)26-11-9-23(10-12-26)31(37)38/h1-13,16-19H,14-15,20H2,(H,34,36)(H,37,38). The number of carboxylic acid groups (broad SMARTS) is 1. The van der Waals surface area contributed by atoms with Crippen molar-refractivity contribution in [2.75, 3.05) is 0 Å². The zero-order valence-corrected chi connectivity index (χ0v) is 21.3. The van der Waals surface area contributed by atoms with Crippen LogP contribution in [0.2, 0.25) is 5.02 Å². The van der Waals surface area contributed by atoms with Gasteiger partial charge in [-0.1, -0.05) is 66.2 Å². The van der Waals surface area contributed by atoms with Crippen molar-refractivity contribution in [1.82, 2.24) is 9.88 Å². The lowest BCUT2D eigenvalue weighted by molar-refractivity contribution is 0.0696. The van der Waals surface area contributed by atoms with E-state index in [2.05, 4.69) is 16.0 Å². The summed E-state index contributed by atoms with van der Waals surface area (Å²) < 4.78 is 2.09. The number of hydrogen-bond acceptors (Lipinski definition) is 2. The predicted molar refractivity (Wildman–Crippen MR) is 150 cm³/mol. The van der Waals surface area contributed by atoms with Gasteiger partial charge in [-0.3, -0.25) is 4.79 Å². The number of aromatic nitrogens is 1. The first-order valence-electron chi connectivity index (χ1n) is 12.5. The molecule has 1 aliphatic rings. The van der Waals surface area contributed by atoms with Crippen LogP contribution in [0.3, 0.4) is 0 Å². The van der Waals surface area contributed by atoms with E-state index in [1.165, 1.54) is 0 Å². The van der Waals surface area contributed by atoms with Crippen molar-refractivity contribution < 1.29 is 14.7 Å². The third-order valence-electron chi connectivity index (χ3n) is 7.24. The van der Waals surface area contributed by atoms with E-state index in [1.54, 1.807) is 24.3 Å². The van der Waals surface area contributed by atoms with E-state index < -0.39 is 11.5 Å². The average molecular weight is 521 g/mol. The number of hydrogen-bond donors (Lipinski definition) is 2.